The largest absolute Gasteiger partial charge is 0.497 e. The molecule has 1 atom stereocenters. The van der Waals surface area contributed by atoms with Crippen LogP contribution < -0.4 is 15.4 Å². The van der Waals surface area contributed by atoms with Gasteiger partial charge in [-0.1, -0.05) is 43.4 Å². The molecule has 0 fully saturated rings. The molecule has 1 aromatic heterocycles. The van der Waals surface area contributed by atoms with Gasteiger partial charge in [0.1, 0.15) is 11.8 Å². The zero-order chi connectivity index (χ0) is 20.3. The summed E-state index contributed by atoms with van der Waals surface area (Å²) in [6, 6.07) is 12.2. The first-order valence-electron chi connectivity index (χ1n) is 9.01. The van der Waals surface area contributed by atoms with E-state index in [9.17, 15) is 9.59 Å². The monoisotopic (exact) mass is 397 g/mol. The SMILES string of the molecule is COc1ccc2nc(NC(=O)[C@@H](NC(=O)c3ccccc3C)C(C)C)sc2c1. The van der Waals surface area contributed by atoms with E-state index in [0.717, 1.165) is 21.5 Å². The zero-order valence-corrected chi connectivity index (χ0v) is 17.1. The minimum absolute atomic E-state index is 0.0811. The number of hydrogen-bond donors (Lipinski definition) is 2. The van der Waals surface area contributed by atoms with Crippen LogP contribution >= 0.6 is 11.3 Å². The first-order chi connectivity index (χ1) is 13.4. The molecule has 0 saturated carbocycles. The van der Waals surface area contributed by atoms with Crippen molar-refractivity contribution in [3.8, 4) is 5.75 Å². The molecule has 2 amide bonds. The van der Waals surface area contributed by atoms with E-state index in [1.165, 1.54) is 11.3 Å². The predicted molar refractivity (Wildman–Crippen MR) is 112 cm³/mol. The number of carbonyl (C=O) groups excluding carboxylic acids is 2. The molecule has 0 aliphatic heterocycles. The van der Waals surface area contributed by atoms with Gasteiger partial charge in [-0.05, 0) is 42.7 Å². The lowest BCUT2D eigenvalue weighted by atomic mass is 10.0. The predicted octanol–water partition coefficient (Wildman–Crippen LogP) is 4.01. The van der Waals surface area contributed by atoms with E-state index in [2.05, 4.69) is 15.6 Å². The summed E-state index contributed by atoms with van der Waals surface area (Å²) >= 11 is 1.37. The third kappa shape index (κ3) is 4.31. The third-order valence-corrected chi connectivity index (χ3v) is 5.38. The molecule has 2 aromatic carbocycles. The number of nitrogens with zero attached hydrogens (tertiary/aromatic N) is 1. The highest BCUT2D eigenvalue weighted by atomic mass is 32.1. The van der Waals surface area contributed by atoms with Crippen LogP contribution in [-0.2, 0) is 4.79 Å². The van der Waals surface area contributed by atoms with Crippen LogP contribution in [0.2, 0.25) is 0 Å². The summed E-state index contributed by atoms with van der Waals surface area (Å²) in [4.78, 5) is 29.9. The molecule has 0 aliphatic rings. The van der Waals surface area contributed by atoms with Crippen molar-refractivity contribution in [3.63, 3.8) is 0 Å². The van der Waals surface area contributed by atoms with E-state index in [1.54, 1.807) is 13.2 Å². The van der Waals surface area contributed by atoms with E-state index >= 15 is 0 Å². The summed E-state index contributed by atoms with van der Waals surface area (Å²) in [6.07, 6.45) is 0. The Balaban J connectivity index is 1.76. The van der Waals surface area contributed by atoms with Gasteiger partial charge in [0, 0.05) is 5.56 Å². The molecule has 146 valence electrons. The van der Waals surface area contributed by atoms with Crippen molar-refractivity contribution in [2.24, 2.45) is 5.92 Å². The van der Waals surface area contributed by atoms with Gasteiger partial charge in [-0.2, -0.15) is 0 Å². The molecule has 0 saturated heterocycles. The number of aromatic nitrogens is 1. The number of ether oxygens (including phenoxy) is 1. The first kappa shape index (κ1) is 19.8. The molecule has 1 heterocycles. The Labute approximate surface area is 167 Å². The van der Waals surface area contributed by atoms with Crippen molar-refractivity contribution in [2.45, 2.75) is 26.8 Å². The summed E-state index contributed by atoms with van der Waals surface area (Å²) in [5.74, 6) is 0.103. The highest BCUT2D eigenvalue weighted by Gasteiger charge is 2.26. The molecule has 0 bridgehead atoms. The highest BCUT2D eigenvalue weighted by molar-refractivity contribution is 7.22. The van der Waals surface area contributed by atoms with Gasteiger partial charge in [-0.3, -0.25) is 9.59 Å². The lowest BCUT2D eigenvalue weighted by Gasteiger charge is -2.21. The number of methoxy groups -OCH3 is 1. The number of nitrogens with one attached hydrogen (secondary N) is 2. The summed E-state index contributed by atoms with van der Waals surface area (Å²) in [6.45, 7) is 5.66. The van der Waals surface area contributed by atoms with Gasteiger partial charge < -0.3 is 15.4 Å². The Kier molecular flexibility index (Phi) is 5.94. The van der Waals surface area contributed by atoms with Gasteiger partial charge in [-0.15, -0.1) is 0 Å². The maximum absolute atomic E-state index is 12.8. The minimum atomic E-state index is -0.673. The maximum atomic E-state index is 12.8. The number of amides is 2. The van der Waals surface area contributed by atoms with Crippen molar-refractivity contribution in [2.75, 3.05) is 12.4 Å². The zero-order valence-electron chi connectivity index (χ0n) is 16.3. The van der Waals surface area contributed by atoms with Gasteiger partial charge in [0.25, 0.3) is 5.91 Å². The Morgan fingerprint density at radius 2 is 1.89 bits per heavy atom. The van der Waals surface area contributed by atoms with E-state index < -0.39 is 6.04 Å². The van der Waals surface area contributed by atoms with Crippen LogP contribution in [0.3, 0.4) is 0 Å². The number of thiazole rings is 1. The van der Waals surface area contributed by atoms with Crippen LogP contribution in [0.4, 0.5) is 5.13 Å². The molecular formula is C21H23N3O3S. The second kappa shape index (κ2) is 8.39. The third-order valence-electron chi connectivity index (χ3n) is 4.45. The smallest absolute Gasteiger partial charge is 0.252 e. The van der Waals surface area contributed by atoms with Crippen LogP contribution in [0.5, 0.6) is 5.75 Å². The topological polar surface area (TPSA) is 80.3 Å². The molecule has 3 aromatic rings. The van der Waals surface area contributed by atoms with E-state index in [0.29, 0.717) is 10.7 Å². The Morgan fingerprint density at radius 3 is 2.57 bits per heavy atom. The highest BCUT2D eigenvalue weighted by Crippen LogP contribution is 2.29. The molecule has 0 radical (unpaired) electrons. The summed E-state index contributed by atoms with van der Waals surface area (Å²) in [7, 11) is 1.61. The molecule has 28 heavy (non-hydrogen) atoms. The van der Waals surface area contributed by atoms with Crippen molar-refractivity contribution < 1.29 is 14.3 Å². The average molecular weight is 398 g/mol. The fraction of sp³-hybridized carbons (Fsp3) is 0.286. The van der Waals surface area contributed by atoms with Crippen LogP contribution in [0.15, 0.2) is 42.5 Å². The van der Waals surface area contributed by atoms with Crippen molar-refractivity contribution in [3.05, 3.63) is 53.6 Å². The van der Waals surface area contributed by atoms with Gasteiger partial charge in [0.2, 0.25) is 5.91 Å². The average Bonchev–Trinajstić information content (AvgIpc) is 3.06. The standard InChI is InChI=1S/C21H23N3O3S/c1-12(2)18(23-19(25)15-8-6-5-7-13(15)3)20(26)24-21-22-16-10-9-14(27-4)11-17(16)28-21/h5-12,18H,1-4H3,(H,23,25)(H,22,24,26)/t18-/m0/s1. The Bertz CT molecular complexity index is 1010. The van der Waals surface area contributed by atoms with Crippen molar-refractivity contribution in [1.82, 2.24) is 10.3 Å². The van der Waals surface area contributed by atoms with Crippen LogP contribution in [0, 0.1) is 12.8 Å². The van der Waals surface area contributed by atoms with Gasteiger partial charge in [0.15, 0.2) is 5.13 Å². The van der Waals surface area contributed by atoms with Gasteiger partial charge >= 0.3 is 0 Å². The van der Waals surface area contributed by atoms with E-state index in [4.69, 9.17) is 4.74 Å². The molecule has 0 spiro atoms. The van der Waals surface area contributed by atoms with Crippen LogP contribution in [-0.4, -0.2) is 29.9 Å². The number of benzene rings is 2. The Morgan fingerprint density at radius 1 is 1.14 bits per heavy atom. The van der Waals surface area contributed by atoms with Gasteiger partial charge in [-0.25, -0.2) is 4.98 Å². The molecule has 3 rings (SSSR count). The van der Waals surface area contributed by atoms with Crippen molar-refractivity contribution >= 4 is 38.5 Å². The molecule has 7 heteroatoms. The molecular weight excluding hydrogens is 374 g/mol. The van der Waals surface area contributed by atoms with Crippen LogP contribution in [0.1, 0.15) is 29.8 Å². The molecule has 2 N–H and O–H groups in total. The second-order valence-corrected chi connectivity index (χ2v) is 7.88. The Hall–Kier alpha value is -2.93. The molecule has 6 nitrogen and oxygen atoms in total. The van der Waals surface area contributed by atoms with E-state index in [1.807, 2.05) is 57.2 Å². The first-order valence-corrected chi connectivity index (χ1v) is 9.82. The maximum Gasteiger partial charge on any atom is 0.252 e. The normalized spacial score (nSPS) is 12.0. The molecule has 0 unspecified atom stereocenters. The number of carbonyl (C=O) groups is 2. The number of anilines is 1. The number of fused-ring (bicyclic) bond motifs is 1. The lowest BCUT2D eigenvalue weighted by Crippen LogP contribution is -2.47. The van der Waals surface area contributed by atoms with Crippen molar-refractivity contribution in [1.29, 1.82) is 0 Å². The summed E-state index contributed by atoms with van der Waals surface area (Å²) < 4.78 is 6.14. The summed E-state index contributed by atoms with van der Waals surface area (Å²) in [5, 5.41) is 6.18. The number of rotatable bonds is 6. The minimum Gasteiger partial charge on any atom is -0.497 e. The quantitative estimate of drug-likeness (QED) is 0.659. The molecule has 0 aliphatic carbocycles. The lowest BCUT2D eigenvalue weighted by molar-refractivity contribution is -0.118. The number of hydrogen-bond acceptors (Lipinski definition) is 5. The number of aryl methyl sites for hydroxylation is 1. The second-order valence-electron chi connectivity index (χ2n) is 6.85. The fourth-order valence-corrected chi connectivity index (χ4v) is 3.75. The van der Waals surface area contributed by atoms with Gasteiger partial charge in [0.05, 0.1) is 17.3 Å². The van der Waals surface area contributed by atoms with E-state index in [-0.39, 0.29) is 17.7 Å². The fourth-order valence-electron chi connectivity index (χ4n) is 2.85. The summed E-state index contributed by atoms with van der Waals surface area (Å²) in [5.41, 5.74) is 2.21. The van der Waals surface area contributed by atoms with Crippen LogP contribution in [0.25, 0.3) is 10.2 Å².